The van der Waals surface area contributed by atoms with E-state index in [9.17, 15) is 9.59 Å². The second kappa shape index (κ2) is 6.70. The van der Waals surface area contributed by atoms with Crippen molar-refractivity contribution in [1.82, 2.24) is 5.32 Å². The third kappa shape index (κ3) is 3.92. The number of benzene rings is 2. The molecule has 0 unspecified atom stereocenters. The minimum atomic E-state index is -0.181. The Bertz CT molecular complexity index is 648. The number of aryl methyl sites for hydroxylation is 1. The van der Waals surface area contributed by atoms with Crippen LogP contribution in [0.5, 0.6) is 0 Å². The standard InChI is InChI=1S/C17H18N2O2/c1-12-7-9-13(10-8-12)17(21)19-15-6-4-3-5-14(15)11-16(20)18-2/h3-10H,11H2,1-2H3,(H,18,20)(H,19,21). The normalized spacial score (nSPS) is 10.0. The molecule has 21 heavy (non-hydrogen) atoms. The van der Waals surface area contributed by atoms with Crippen LogP contribution in [0.2, 0.25) is 0 Å². The SMILES string of the molecule is CNC(=O)Cc1ccccc1NC(=O)c1ccc(C)cc1. The predicted octanol–water partition coefficient (Wildman–Crippen LogP) is 2.54. The molecule has 4 heteroatoms. The smallest absolute Gasteiger partial charge is 0.255 e. The van der Waals surface area contributed by atoms with Gasteiger partial charge in [-0.2, -0.15) is 0 Å². The van der Waals surface area contributed by atoms with E-state index in [1.54, 1.807) is 25.2 Å². The lowest BCUT2D eigenvalue weighted by Crippen LogP contribution is -2.21. The average Bonchev–Trinajstić information content (AvgIpc) is 2.49. The van der Waals surface area contributed by atoms with Crippen LogP contribution in [0.3, 0.4) is 0 Å². The van der Waals surface area contributed by atoms with E-state index < -0.39 is 0 Å². The summed E-state index contributed by atoms with van der Waals surface area (Å²) in [5.74, 6) is -0.272. The van der Waals surface area contributed by atoms with Crippen molar-refractivity contribution in [2.24, 2.45) is 0 Å². The van der Waals surface area contributed by atoms with E-state index in [0.717, 1.165) is 11.1 Å². The number of anilines is 1. The number of likely N-dealkylation sites (N-methyl/N-ethyl adjacent to an activating group) is 1. The lowest BCUT2D eigenvalue weighted by molar-refractivity contribution is -0.119. The number of para-hydroxylation sites is 1. The van der Waals surface area contributed by atoms with Crippen molar-refractivity contribution in [2.75, 3.05) is 12.4 Å². The molecule has 108 valence electrons. The van der Waals surface area contributed by atoms with E-state index in [-0.39, 0.29) is 18.2 Å². The van der Waals surface area contributed by atoms with Crippen molar-refractivity contribution in [3.63, 3.8) is 0 Å². The van der Waals surface area contributed by atoms with Gasteiger partial charge in [0.05, 0.1) is 6.42 Å². The molecule has 0 spiro atoms. The minimum absolute atomic E-state index is 0.0907. The Morgan fingerprint density at radius 1 is 1.00 bits per heavy atom. The highest BCUT2D eigenvalue weighted by Crippen LogP contribution is 2.17. The summed E-state index contributed by atoms with van der Waals surface area (Å²) in [5.41, 5.74) is 3.14. The zero-order chi connectivity index (χ0) is 15.2. The maximum atomic E-state index is 12.2. The monoisotopic (exact) mass is 282 g/mol. The van der Waals surface area contributed by atoms with E-state index in [4.69, 9.17) is 0 Å². The molecule has 0 radical (unpaired) electrons. The van der Waals surface area contributed by atoms with Gasteiger partial charge < -0.3 is 10.6 Å². The zero-order valence-corrected chi connectivity index (χ0v) is 12.1. The molecule has 0 atom stereocenters. The molecule has 0 saturated heterocycles. The van der Waals surface area contributed by atoms with Gasteiger partial charge >= 0.3 is 0 Å². The van der Waals surface area contributed by atoms with Crippen LogP contribution in [-0.4, -0.2) is 18.9 Å². The Kier molecular flexibility index (Phi) is 4.72. The molecule has 4 nitrogen and oxygen atoms in total. The first-order chi connectivity index (χ1) is 10.1. The van der Waals surface area contributed by atoms with Crippen molar-refractivity contribution < 1.29 is 9.59 Å². The second-order valence-electron chi connectivity index (χ2n) is 4.83. The predicted molar refractivity (Wildman–Crippen MR) is 83.3 cm³/mol. The van der Waals surface area contributed by atoms with Crippen molar-refractivity contribution in [3.05, 3.63) is 65.2 Å². The summed E-state index contributed by atoms with van der Waals surface area (Å²) in [6.45, 7) is 1.97. The fraction of sp³-hybridized carbons (Fsp3) is 0.176. The van der Waals surface area contributed by atoms with Gasteiger partial charge in [-0.25, -0.2) is 0 Å². The molecule has 0 aromatic heterocycles. The molecular weight excluding hydrogens is 264 g/mol. The molecular formula is C17H18N2O2. The molecule has 0 aliphatic rings. The van der Waals surface area contributed by atoms with E-state index in [0.29, 0.717) is 11.3 Å². The quantitative estimate of drug-likeness (QED) is 0.905. The maximum absolute atomic E-state index is 12.2. The first-order valence-electron chi connectivity index (χ1n) is 6.76. The molecule has 2 N–H and O–H groups in total. The van der Waals surface area contributed by atoms with Gasteiger partial charge in [0.15, 0.2) is 0 Å². The Morgan fingerprint density at radius 2 is 1.67 bits per heavy atom. The lowest BCUT2D eigenvalue weighted by atomic mass is 10.1. The number of hydrogen-bond donors (Lipinski definition) is 2. The van der Waals surface area contributed by atoms with Gasteiger partial charge in [0.25, 0.3) is 5.91 Å². The molecule has 0 saturated carbocycles. The Balaban J connectivity index is 2.17. The van der Waals surface area contributed by atoms with Crippen LogP contribution in [0.15, 0.2) is 48.5 Å². The third-order valence-electron chi connectivity index (χ3n) is 3.21. The van der Waals surface area contributed by atoms with Crippen molar-refractivity contribution >= 4 is 17.5 Å². The molecule has 0 bridgehead atoms. The molecule has 2 amide bonds. The minimum Gasteiger partial charge on any atom is -0.359 e. The summed E-state index contributed by atoms with van der Waals surface area (Å²) in [6, 6.07) is 14.7. The second-order valence-corrected chi connectivity index (χ2v) is 4.83. The van der Waals surface area contributed by atoms with Gasteiger partial charge in [-0.15, -0.1) is 0 Å². The fourth-order valence-electron chi connectivity index (χ4n) is 1.96. The fourth-order valence-corrected chi connectivity index (χ4v) is 1.96. The summed E-state index contributed by atoms with van der Waals surface area (Å²) in [5, 5.41) is 5.44. The van der Waals surface area contributed by atoms with Gasteiger partial charge in [0.2, 0.25) is 5.91 Å². The topological polar surface area (TPSA) is 58.2 Å². The van der Waals surface area contributed by atoms with Crippen LogP contribution in [-0.2, 0) is 11.2 Å². The highest BCUT2D eigenvalue weighted by Gasteiger charge is 2.10. The summed E-state index contributed by atoms with van der Waals surface area (Å²) in [6.07, 6.45) is 0.237. The molecule has 0 aliphatic carbocycles. The van der Waals surface area contributed by atoms with E-state index >= 15 is 0 Å². The number of carbonyl (C=O) groups excluding carboxylic acids is 2. The van der Waals surface area contributed by atoms with E-state index in [1.807, 2.05) is 37.3 Å². The molecule has 0 fully saturated rings. The van der Waals surface area contributed by atoms with E-state index in [2.05, 4.69) is 10.6 Å². The van der Waals surface area contributed by atoms with Crippen LogP contribution in [0.1, 0.15) is 21.5 Å². The number of carbonyl (C=O) groups is 2. The summed E-state index contributed by atoms with van der Waals surface area (Å²) >= 11 is 0. The van der Waals surface area contributed by atoms with Crippen LogP contribution >= 0.6 is 0 Å². The third-order valence-corrected chi connectivity index (χ3v) is 3.21. The molecule has 0 heterocycles. The van der Waals surface area contributed by atoms with Crippen molar-refractivity contribution in [1.29, 1.82) is 0 Å². The van der Waals surface area contributed by atoms with Gasteiger partial charge in [0, 0.05) is 18.3 Å². The van der Waals surface area contributed by atoms with Crippen LogP contribution in [0.25, 0.3) is 0 Å². The molecule has 2 rings (SSSR count). The Labute approximate surface area is 124 Å². The summed E-state index contributed by atoms with van der Waals surface area (Å²) in [4.78, 5) is 23.7. The van der Waals surface area contributed by atoms with Crippen LogP contribution < -0.4 is 10.6 Å². The number of nitrogens with one attached hydrogen (secondary N) is 2. The number of hydrogen-bond acceptors (Lipinski definition) is 2. The van der Waals surface area contributed by atoms with Crippen molar-refractivity contribution in [2.45, 2.75) is 13.3 Å². The van der Waals surface area contributed by atoms with Gasteiger partial charge in [-0.05, 0) is 30.7 Å². The zero-order valence-electron chi connectivity index (χ0n) is 12.1. The first kappa shape index (κ1) is 14.8. The molecule has 0 aliphatic heterocycles. The Hall–Kier alpha value is -2.62. The first-order valence-corrected chi connectivity index (χ1v) is 6.76. The average molecular weight is 282 g/mol. The van der Waals surface area contributed by atoms with Gasteiger partial charge in [-0.1, -0.05) is 35.9 Å². The number of rotatable bonds is 4. The highest BCUT2D eigenvalue weighted by molar-refractivity contribution is 6.04. The van der Waals surface area contributed by atoms with Crippen molar-refractivity contribution in [3.8, 4) is 0 Å². The lowest BCUT2D eigenvalue weighted by Gasteiger charge is -2.10. The summed E-state index contributed by atoms with van der Waals surface area (Å²) < 4.78 is 0. The van der Waals surface area contributed by atoms with Crippen LogP contribution in [0, 0.1) is 6.92 Å². The maximum Gasteiger partial charge on any atom is 0.255 e. The number of amides is 2. The van der Waals surface area contributed by atoms with E-state index in [1.165, 1.54) is 0 Å². The molecule has 2 aromatic carbocycles. The van der Waals surface area contributed by atoms with Gasteiger partial charge in [-0.3, -0.25) is 9.59 Å². The molecule has 2 aromatic rings. The Morgan fingerprint density at radius 3 is 2.33 bits per heavy atom. The summed E-state index contributed by atoms with van der Waals surface area (Å²) in [7, 11) is 1.59. The van der Waals surface area contributed by atoms with Gasteiger partial charge in [0.1, 0.15) is 0 Å². The van der Waals surface area contributed by atoms with Crippen LogP contribution in [0.4, 0.5) is 5.69 Å². The largest absolute Gasteiger partial charge is 0.359 e. The highest BCUT2D eigenvalue weighted by atomic mass is 16.2.